The Morgan fingerprint density at radius 2 is 1.84 bits per heavy atom. The highest BCUT2D eigenvalue weighted by Gasteiger charge is 2.40. The molecule has 31 heavy (non-hydrogen) atoms. The van der Waals surface area contributed by atoms with E-state index in [0.717, 1.165) is 40.9 Å². The van der Waals surface area contributed by atoms with Crippen molar-refractivity contribution in [1.82, 2.24) is 9.88 Å². The first-order valence-corrected chi connectivity index (χ1v) is 11.3. The van der Waals surface area contributed by atoms with Crippen molar-refractivity contribution in [2.45, 2.75) is 18.9 Å². The lowest BCUT2D eigenvalue weighted by atomic mass is 9.93. The Morgan fingerprint density at radius 1 is 1.16 bits per heavy atom. The van der Waals surface area contributed by atoms with Crippen molar-refractivity contribution in [2.75, 3.05) is 38.3 Å². The smallest absolute Gasteiger partial charge is 0.320 e. The van der Waals surface area contributed by atoms with Crippen LogP contribution in [-0.2, 0) is 4.74 Å². The summed E-state index contributed by atoms with van der Waals surface area (Å²) in [5, 5.41) is 1.72. The van der Waals surface area contributed by atoms with Gasteiger partial charge >= 0.3 is 6.03 Å². The number of carbonyl (C=O) groups is 1. The molecule has 0 bridgehead atoms. The number of amides is 2. The first kappa shape index (κ1) is 21.5. The van der Waals surface area contributed by atoms with E-state index in [2.05, 4.69) is 17.0 Å². The minimum atomic E-state index is -0.439. The number of primary amides is 1. The van der Waals surface area contributed by atoms with Crippen LogP contribution in [0.5, 0.6) is 0 Å². The lowest BCUT2D eigenvalue weighted by Crippen LogP contribution is -2.47. The summed E-state index contributed by atoms with van der Waals surface area (Å²) in [6.07, 6.45) is 0. The molecule has 0 radical (unpaired) electrons. The molecule has 1 aliphatic rings. The van der Waals surface area contributed by atoms with Gasteiger partial charge in [-0.05, 0) is 12.5 Å². The van der Waals surface area contributed by atoms with Gasteiger partial charge in [0.1, 0.15) is 10.0 Å². The highest BCUT2D eigenvalue weighted by molar-refractivity contribution is 7.19. The zero-order chi connectivity index (χ0) is 21.8. The number of methoxy groups -OCH3 is 1. The van der Waals surface area contributed by atoms with Gasteiger partial charge in [0.15, 0.2) is 0 Å². The molecule has 2 N–H and O–H groups in total. The van der Waals surface area contributed by atoms with Gasteiger partial charge in [-0.1, -0.05) is 72.0 Å². The number of likely N-dealkylation sites (tertiary alicyclic amines) is 1. The number of benzene rings is 2. The number of nitrogens with two attached hydrogens (primary N) is 1. The average molecular weight is 437 g/mol. The van der Waals surface area contributed by atoms with Crippen molar-refractivity contribution in [1.29, 1.82) is 0 Å². The number of hydrogen-bond acceptors (Lipinski definition) is 5. The predicted octanol–water partition coefficient (Wildman–Crippen LogP) is 4.12. The SMILES string of the molecule is COCCN1CC(c2ccccc2)C(N(C(N)=O)c2sc(-c3ccccc3)nc2C)C1. The molecule has 162 valence electrons. The maximum Gasteiger partial charge on any atom is 0.320 e. The summed E-state index contributed by atoms with van der Waals surface area (Å²) in [5.74, 6) is 0.159. The molecule has 1 fully saturated rings. The van der Waals surface area contributed by atoms with Crippen LogP contribution in [0.15, 0.2) is 60.7 Å². The van der Waals surface area contributed by atoms with E-state index in [9.17, 15) is 4.79 Å². The molecule has 4 rings (SSSR count). The molecule has 2 aromatic carbocycles. The molecule has 0 saturated carbocycles. The first-order valence-electron chi connectivity index (χ1n) is 10.5. The third kappa shape index (κ3) is 4.63. The summed E-state index contributed by atoms with van der Waals surface area (Å²) in [5.41, 5.74) is 9.05. The van der Waals surface area contributed by atoms with Gasteiger partial charge in [0, 0.05) is 38.2 Å². The molecule has 6 nitrogen and oxygen atoms in total. The Kier molecular flexibility index (Phi) is 6.65. The Morgan fingerprint density at radius 3 is 2.48 bits per heavy atom. The van der Waals surface area contributed by atoms with Crippen LogP contribution in [0.1, 0.15) is 17.2 Å². The molecular formula is C24H28N4O2S. The van der Waals surface area contributed by atoms with Crippen LogP contribution in [0.25, 0.3) is 10.6 Å². The number of ether oxygens (including phenoxy) is 1. The number of hydrogen-bond donors (Lipinski definition) is 1. The van der Waals surface area contributed by atoms with Gasteiger partial charge < -0.3 is 10.5 Å². The fourth-order valence-corrected chi connectivity index (χ4v) is 5.43. The van der Waals surface area contributed by atoms with E-state index < -0.39 is 6.03 Å². The van der Waals surface area contributed by atoms with Gasteiger partial charge in [0.05, 0.1) is 18.3 Å². The Balaban J connectivity index is 1.70. The molecule has 1 saturated heterocycles. The second kappa shape index (κ2) is 9.60. The molecule has 2 atom stereocenters. The van der Waals surface area contributed by atoms with Crippen LogP contribution >= 0.6 is 11.3 Å². The van der Waals surface area contributed by atoms with Crippen LogP contribution in [0, 0.1) is 6.92 Å². The highest BCUT2D eigenvalue weighted by Crippen LogP contribution is 2.40. The number of anilines is 1. The maximum atomic E-state index is 12.8. The monoisotopic (exact) mass is 436 g/mol. The van der Waals surface area contributed by atoms with Crippen LogP contribution in [0.3, 0.4) is 0 Å². The first-order chi connectivity index (χ1) is 15.1. The van der Waals surface area contributed by atoms with Crippen molar-refractivity contribution >= 4 is 22.4 Å². The lowest BCUT2D eigenvalue weighted by Gasteiger charge is -2.30. The number of thiazole rings is 1. The Bertz CT molecular complexity index is 1010. The number of nitrogens with zero attached hydrogens (tertiary/aromatic N) is 3. The zero-order valence-corrected chi connectivity index (χ0v) is 18.7. The second-order valence-electron chi connectivity index (χ2n) is 7.82. The normalized spacial score (nSPS) is 18.9. The van der Waals surface area contributed by atoms with Crippen molar-refractivity contribution in [3.8, 4) is 10.6 Å². The van der Waals surface area contributed by atoms with Gasteiger partial charge in [-0.2, -0.15) is 0 Å². The molecule has 0 spiro atoms. The summed E-state index contributed by atoms with van der Waals surface area (Å²) in [6.45, 7) is 5.01. The topological polar surface area (TPSA) is 71.7 Å². The van der Waals surface area contributed by atoms with E-state index in [1.165, 1.54) is 16.9 Å². The Labute approximate surface area is 187 Å². The van der Waals surface area contributed by atoms with E-state index in [0.29, 0.717) is 6.61 Å². The number of rotatable bonds is 7. The molecule has 7 heteroatoms. The third-order valence-corrected chi connectivity index (χ3v) is 6.99. The molecule has 0 aliphatic carbocycles. The van der Waals surface area contributed by atoms with Crippen LogP contribution in [-0.4, -0.2) is 55.3 Å². The number of aromatic nitrogens is 1. The van der Waals surface area contributed by atoms with Gasteiger partial charge in [0.2, 0.25) is 0 Å². The van der Waals surface area contributed by atoms with Crippen LogP contribution < -0.4 is 10.6 Å². The molecule has 1 aromatic heterocycles. The van der Waals surface area contributed by atoms with E-state index in [4.69, 9.17) is 15.5 Å². The minimum absolute atomic E-state index is 0.0699. The van der Waals surface area contributed by atoms with E-state index >= 15 is 0 Å². The molecular weight excluding hydrogens is 408 g/mol. The van der Waals surface area contributed by atoms with Crippen LogP contribution in [0.4, 0.5) is 9.80 Å². The quantitative estimate of drug-likeness (QED) is 0.605. The predicted molar refractivity (Wildman–Crippen MR) is 126 cm³/mol. The average Bonchev–Trinajstić information content (AvgIpc) is 3.38. The molecule has 2 amide bonds. The van der Waals surface area contributed by atoms with Gasteiger partial charge in [-0.15, -0.1) is 0 Å². The molecule has 2 heterocycles. The number of aryl methyl sites for hydroxylation is 1. The lowest BCUT2D eigenvalue weighted by molar-refractivity contribution is 0.159. The summed E-state index contributed by atoms with van der Waals surface area (Å²) in [4.78, 5) is 21.6. The van der Waals surface area contributed by atoms with Crippen molar-refractivity contribution in [2.24, 2.45) is 5.73 Å². The van der Waals surface area contributed by atoms with Crippen molar-refractivity contribution < 1.29 is 9.53 Å². The van der Waals surface area contributed by atoms with Crippen molar-refractivity contribution in [3.63, 3.8) is 0 Å². The van der Waals surface area contributed by atoms with Gasteiger partial charge in [0.25, 0.3) is 0 Å². The maximum absolute atomic E-state index is 12.8. The van der Waals surface area contributed by atoms with E-state index in [1.54, 1.807) is 12.0 Å². The van der Waals surface area contributed by atoms with E-state index in [1.807, 2.05) is 55.5 Å². The minimum Gasteiger partial charge on any atom is -0.383 e. The third-order valence-electron chi connectivity index (χ3n) is 5.78. The van der Waals surface area contributed by atoms with E-state index in [-0.39, 0.29) is 12.0 Å². The largest absolute Gasteiger partial charge is 0.383 e. The fourth-order valence-electron chi connectivity index (χ4n) is 4.29. The van der Waals surface area contributed by atoms with Gasteiger partial charge in [-0.25, -0.2) is 9.78 Å². The number of urea groups is 1. The standard InChI is InChI=1S/C24H28N4O2S/c1-17-23(31-22(26-17)19-11-7-4-8-12-19)28(24(25)29)21-16-27(13-14-30-2)15-20(21)18-9-5-3-6-10-18/h3-12,20-21H,13-16H2,1-2H3,(H2,25,29). The summed E-state index contributed by atoms with van der Waals surface area (Å²) in [6, 6.07) is 19.9. The summed E-state index contributed by atoms with van der Waals surface area (Å²) < 4.78 is 5.29. The molecule has 1 aliphatic heterocycles. The highest BCUT2D eigenvalue weighted by atomic mass is 32.1. The van der Waals surface area contributed by atoms with Crippen molar-refractivity contribution in [3.05, 3.63) is 71.9 Å². The zero-order valence-electron chi connectivity index (χ0n) is 17.9. The molecule has 2 unspecified atom stereocenters. The van der Waals surface area contributed by atoms with Crippen LogP contribution in [0.2, 0.25) is 0 Å². The molecule has 3 aromatic rings. The summed E-state index contributed by atoms with van der Waals surface area (Å²) >= 11 is 1.52. The number of carbonyl (C=O) groups excluding carboxylic acids is 1. The summed E-state index contributed by atoms with van der Waals surface area (Å²) in [7, 11) is 1.71. The fraction of sp³-hybridized carbons (Fsp3) is 0.333. The second-order valence-corrected chi connectivity index (χ2v) is 8.80. The van der Waals surface area contributed by atoms with Gasteiger partial charge in [-0.3, -0.25) is 9.80 Å². The Hall–Kier alpha value is -2.74.